The van der Waals surface area contributed by atoms with Crippen molar-refractivity contribution in [1.29, 1.82) is 0 Å². The lowest BCUT2D eigenvalue weighted by Gasteiger charge is -2.12. The normalized spacial score (nSPS) is 21.5. The lowest BCUT2D eigenvalue weighted by molar-refractivity contribution is -0.119. The van der Waals surface area contributed by atoms with Crippen LogP contribution >= 0.6 is 12.4 Å². The van der Waals surface area contributed by atoms with Gasteiger partial charge in [0.2, 0.25) is 5.91 Å². The number of methoxy groups -OCH3 is 1. The average molecular weight is 361 g/mol. The number of anilines is 1. The smallest absolute Gasteiger partial charge is 0.227 e. The Kier molecular flexibility index (Phi) is 8.76. The molecule has 3 N–H and O–H groups in total. The molecule has 1 saturated carbocycles. The summed E-state index contributed by atoms with van der Waals surface area (Å²) in [6.45, 7) is 0.491. The standard InChI is InChI=1S/C16H24N2O3S.ClH/c1-21-7-8-22(20)11-12-3-2-4-15(9-12)18-16(19)13-5-6-14(17)10-13;/h2-4,9,13-14H,5-8,10-11,17H2,1H3,(H,18,19);1H. The van der Waals surface area contributed by atoms with E-state index >= 15 is 0 Å². The number of carbonyl (C=O) groups excluding carboxylic acids is 1. The minimum atomic E-state index is -0.953. The molecule has 1 fully saturated rings. The molecule has 1 aliphatic carbocycles. The topological polar surface area (TPSA) is 81.4 Å². The molecule has 3 unspecified atom stereocenters. The maximum Gasteiger partial charge on any atom is 0.227 e. The molecule has 0 saturated heterocycles. The van der Waals surface area contributed by atoms with E-state index in [-0.39, 0.29) is 30.3 Å². The van der Waals surface area contributed by atoms with Crippen LogP contribution in [0, 0.1) is 5.92 Å². The molecule has 0 aliphatic heterocycles. The fourth-order valence-electron chi connectivity index (χ4n) is 2.67. The van der Waals surface area contributed by atoms with Gasteiger partial charge in [-0.15, -0.1) is 12.4 Å². The Morgan fingerprint density at radius 1 is 1.43 bits per heavy atom. The number of nitrogens with two attached hydrogens (primary N) is 1. The molecule has 0 bridgehead atoms. The third-order valence-electron chi connectivity index (χ3n) is 3.88. The highest BCUT2D eigenvalue weighted by atomic mass is 35.5. The van der Waals surface area contributed by atoms with Gasteiger partial charge in [-0.3, -0.25) is 9.00 Å². The van der Waals surface area contributed by atoms with Gasteiger partial charge < -0.3 is 15.8 Å². The van der Waals surface area contributed by atoms with Crippen LogP contribution < -0.4 is 11.1 Å². The van der Waals surface area contributed by atoms with Gasteiger partial charge in [0.1, 0.15) is 0 Å². The first kappa shape index (κ1) is 20.1. The van der Waals surface area contributed by atoms with Crippen LogP contribution in [0.4, 0.5) is 5.69 Å². The SMILES string of the molecule is COCCS(=O)Cc1cccc(NC(=O)C2CCC(N)C2)c1.Cl. The number of hydrogen-bond acceptors (Lipinski definition) is 4. The number of amides is 1. The predicted octanol–water partition coefficient (Wildman–Crippen LogP) is 2.07. The molecule has 2 rings (SSSR count). The molecule has 1 aromatic rings. The van der Waals surface area contributed by atoms with Gasteiger partial charge >= 0.3 is 0 Å². The first-order valence-corrected chi connectivity index (χ1v) is 9.06. The summed E-state index contributed by atoms with van der Waals surface area (Å²) < 4.78 is 16.8. The van der Waals surface area contributed by atoms with Crippen molar-refractivity contribution in [1.82, 2.24) is 0 Å². The molecule has 1 aliphatic rings. The van der Waals surface area contributed by atoms with Gasteiger partial charge in [-0.25, -0.2) is 0 Å². The molecule has 3 atom stereocenters. The summed E-state index contributed by atoms with van der Waals surface area (Å²) in [7, 11) is 0.647. The summed E-state index contributed by atoms with van der Waals surface area (Å²) in [4.78, 5) is 12.2. The van der Waals surface area contributed by atoms with Crippen molar-refractivity contribution in [2.45, 2.75) is 31.1 Å². The first-order chi connectivity index (χ1) is 10.6. The Morgan fingerprint density at radius 3 is 2.87 bits per heavy atom. The van der Waals surface area contributed by atoms with E-state index in [0.29, 0.717) is 18.1 Å². The summed E-state index contributed by atoms with van der Waals surface area (Å²) in [6.07, 6.45) is 2.52. The lowest BCUT2D eigenvalue weighted by atomic mass is 10.1. The van der Waals surface area contributed by atoms with E-state index in [0.717, 1.165) is 30.5 Å². The Bertz CT molecular complexity index is 542. The number of nitrogens with one attached hydrogen (secondary N) is 1. The van der Waals surface area contributed by atoms with Crippen LogP contribution in [-0.4, -0.2) is 35.6 Å². The van der Waals surface area contributed by atoms with Crippen LogP contribution in [0.3, 0.4) is 0 Å². The van der Waals surface area contributed by atoms with Crippen molar-refractivity contribution in [3.63, 3.8) is 0 Å². The molecular formula is C16H25ClN2O3S. The summed E-state index contributed by atoms with van der Waals surface area (Å²) in [5.41, 5.74) is 7.56. The molecule has 0 aromatic heterocycles. The van der Waals surface area contributed by atoms with Gasteiger partial charge in [-0.2, -0.15) is 0 Å². The van der Waals surface area contributed by atoms with Crippen molar-refractivity contribution in [2.24, 2.45) is 11.7 Å². The largest absolute Gasteiger partial charge is 0.384 e. The minimum Gasteiger partial charge on any atom is -0.384 e. The average Bonchev–Trinajstić information content (AvgIpc) is 2.92. The zero-order valence-electron chi connectivity index (χ0n) is 13.3. The van der Waals surface area contributed by atoms with Crippen LogP contribution in [0.1, 0.15) is 24.8 Å². The second-order valence-corrected chi connectivity index (χ2v) is 7.32. The molecule has 1 amide bonds. The van der Waals surface area contributed by atoms with Gasteiger partial charge in [0.05, 0.1) is 6.61 Å². The van der Waals surface area contributed by atoms with E-state index in [2.05, 4.69) is 5.32 Å². The summed E-state index contributed by atoms with van der Waals surface area (Å²) in [5, 5.41) is 2.94. The summed E-state index contributed by atoms with van der Waals surface area (Å²) in [6, 6.07) is 7.68. The lowest BCUT2D eigenvalue weighted by Crippen LogP contribution is -2.23. The second-order valence-electron chi connectivity index (χ2n) is 5.74. The van der Waals surface area contributed by atoms with Crippen LogP contribution in [0.25, 0.3) is 0 Å². The quantitative estimate of drug-likeness (QED) is 0.779. The fourth-order valence-corrected chi connectivity index (χ4v) is 3.72. The van der Waals surface area contributed by atoms with Crippen LogP contribution in [0.2, 0.25) is 0 Å². The molecule has 7 heteroatoms. The van der Waals surface area contributed by atoms with E-state index in [1.54, 1.807) is 7.11 Å². The van der Waals surface area contributed by atoms with Gasteiger partial charge in [0, 0.05) is 47.1 Å². The highest BCUT2D eigenvalue weighted by molar-refractivity contribution is 7.84. The van der Waals surface area contributed by atoms with Gasteiger partial charge in [0.15, 0.2) is 0 Å². The molecular weight excluding hydrogens is 336 g/mol. The zero-order valence-corrected chi connectivity index (χ0v) is 15.0. The Balaban J connectivity index is 0.00000264. The summed E-state index contributed by atoms with van der Waals surface area (Å²) in [5.74, 6) is 1.04. The van der Waals surface area contributed by atoms with Crippen LogP contribution in [0.15, 0.2) is 24.3 Å². The van der Waals surface area contributed by atoms with E-state index in [1.165, 1.54) is 0 Å². The number of halogens is 1. The molecule has 23 heavy (non-hydrogen) atoms. The predicted molar refractivity (Wildman–Crippen MR) is 96.2 cm³/mol. The van der Waals surface area contributed by atoms with Gasteiger partial charge in [0.25, 0.3) is 0 Å². The Hall–Kier alpha value is -0.950. The van der Waals surface area contributed by atoms with E-state index in [9.17, 15) is 9.00 Å². The molecule has 5 nitrogen and oxygen atoms in total. The van der Waals surface area contributed by atoms with Crippen molar-refractivity contribution in [3.8, 4) is 0 Å². The molecule has 1 aromatic carbocycles. The Labute approximate surface area is 146 Å². The van der Waals surface area contributed by atoms with Crippen molar-refractivity contribution in [2.75, 3.05) is 24.8 Å². The summed E-state index contributed by atoms with van der Waals surface area (Å²) >= 11 is 0. The maximum absolute atomic E-state index is 12.2. The molecule has 0 spiro atoms. The third-order valence-corrected chi connectivity index (χ3v) is 5.16. The second kappa shape index (κ2) is 10.0. The van der Waals surface area contributed by atoms with Crippen molar-refractivity contribution < 1.29 is 13.7 Å². The van der Waals surface area contributed by atoms with Gasteiger partial charge in [-0.1, -0.05) is 12.1 Å². The van der Waals surface area contributed by atoms with E-state index in [4.69, 9.17) is 10.5 Å². The Morgan fingerprint density at radius 2 is 2.22 bits per heavy atom. The van der Waals surface area contributed by atoms with Crippen molar-refractivity contribution in [3.05, 3.63) is 29.8 Å². The third kappa shape index (κ3) is 6.59. The monoisotopic (exact) mass is 360 g/mol. The molecule has 0 heterocycles. The highest BCUT2D eigenvalue weighted by Crippen LogP contribution is 2.25. The minimum absolute atomic E-state index is 0. The number of benzene rings is 1. The van der Waals surface area contributed by atoms with E-state index in [1.807, 2.05) is 24.3 Å². The number of ether oxygens (including phenoxy) is 1. The van der Waals surface area contributed by atoms with Crippen molar-refractivity contribution >= 4 is 34.8 Å². The maximum atomic E-state index is 12.2. The van der Waals surface area contributed by atoms with Crippen LogP contribution in [-0.2, 0) is 26.1 Å². The molecule has 0 radical (unpaired) electrons. The van der Waals surface area contributed by atoms with E-state index < -0.39 is 10.8 Å². The van der Waals surface area contributed by atoms with Crippen LogP contribution in [0.5, 0.6) is 0 Å². The first-order valence-electron chi connectivity index (χ1n) is 7.57. The highest BCUT2D eigenvalue weighted by Gasteiger charge is 2.27. The van der Waals surface area contributed by atoms with Gasteiger partial charge in [-0.05, 0) is 37.0 Å². The zero-order chi connectivity index (χ0) is 15.9. The number of carbonyl (C=O) groups is 1. The number of rotatable bonds is 7. The fraction of sp³-hybridized carbons (Fsp3) is 0.562. The molecule has 130 valence electrons. The number of hydrogen-bond donors (Lipinski definition) is 2.